The number of rotatable bonds is 3. The predicted molar refractivity (Wildman–Crippen MR) is 49.4 cm³/mol. The average Bonchev–Trinajstić information content (AvgIpc) is 2.19. The summed E-state index contributed by atoms with van der Waals surface area (Å²) < 4.78 is 40.8. The summed E-state index contributed by atoms with van der Waals surface area (Å²) in [7, 11) is 1.25. The summed E-state index contributed by atoms with van der Waals surface area (Å²) in [4.78, 5) is 10.7. The highest BCUT2D eigenvalue weighted by atomic mass is 19.4. The third-order valence-corrected chi connectivity index (χ3v) is 1.94. The molecule has 0 radical (unpaired) electrons. The van der Waals surface area contributed by atoms with Crippen LogP contribution in [0.5, 0.6) is 11.5 Å². The van der Waals surface area contributed by atoms with Crippen molar-refractivity contribution in [3.05, 3.63) is 23.8 Å². The Morgan fingerprint density at radius 3 is 2.56 bits per heavy atom. The molecule has 88 valence electrons. The molecule has 0 spiro atoms. The van der Waals surface area contributed by atoms with Crippen LogP contribution in [0.1, 0.15) is 5.56 Å². The smallest absolute Gasteiger partial charge is 0.450 e. The molecule has 0 unspecified atom stereocenters. The van der Waals surface area contributed by atoms with Crippen molar-refractivity contribution >= 4 is 5.78 Å². The number of hydrogen-bond acceptors (Lipinski definition) is 3. The van der Waals surface area contributed by atoms with Crippen LogP contribution in [0.2, 0.25) is 0 Å². The Labute approximate surface area is 89.5 Å². The van der Waals surface area contributed by atoms with Crippen molar-refractivity contribution < 1.29 is 27.8 Å². The monoisotopic (exact) mass is 234 g/mol. The number of methoxy groups -OCH3 is 1. The molecule has 1 aromatic rings. The summed E-state index contributed by atoms with van der Waals surface area (Å²) in [6, 6.07) is 3.57. The van der Waals surface area contributed by atoms with Gasteiger partial charge in [-0.25, -0.2) is 0 Å². The number of aromatic hydroxyl groups is 1. The predicted octanol–water partition coefficient (Wildman–Crippen LogP) is 2.07. The second kappa shape index (κ2) is 4.42. The molecular formula is C10H9F3O3. The molecule has 0 aromatic heterocycles. The number of benzene rings is 1. The molecule has 0 aliphatic heterocycles. The van der Waals surface area contributed by atoms with Gasteiger partial charge in [-0.05, 0) is 6.07 Å². The molecule has 1 rings (SSSR count). The number of phenolic OH excluding ortho intramolecular Hbond substituents is 1. The Bertz CT molecular complexity index is 399. The van der Waals surface area contributed by atoms with E-state index in [1.165, 1.54) is 19.2 Å². The fourth-order valence-electron chi connectivity index (χ4n) is 1.15. The molecular weight excluding hydrogens is 225 g/mol. The lowest BCUT2D eigenvalue weighted by molar-refractivity contribution is -0.170. The average molecular weight is 234 g/mol. The largest absolute Gasteiger partial charge is 0.508 e. The normalized spacial score (nSPS) is 11.2. The molecule has 1 N–H and O–H groups in total. The van der Waals surface area contributed by atoms with Crippen molar-refractivity contribution in [2.24, 2.45) is 0 Å². The van der Waals surface area contributed by atoms with Crippen LogP contribution in [-0.2, 0) is 11.2 Å². The number of halogens is 3. The van der Waals surface area contributed by atoms with Crippen LogP contribution >= 0.6 is 0 Å². The number of alkyl halides is 3. The van der Waals surface area contributed by atoms with Gasteiger partial charge in [-0.15, -0.1) is 0 Å². The van der Waals surface area contributed by atoms with E-state index in [1.54, 1.807) is 0 Å². The van der Waals surface area contributed by atoms with E-state index in [2.05, 4.69) is 0 Å². The topological polar surface area (TPSA) is 46.5 Å². The minimum absolute atomic E-state index is 0.0533. The third kappa shape index (κ3) is 2.88. The van der Waals surface area contributed by atoms with Crippen LogP contribution in [0.4, 0.5) is 13.2 Å². The summed E-state index contributed by atoms with van der Waals surface area (Å²) in [5.41, 5.74) is 0.0858. The fraction of sp³-hybridized carbons (Fsp3) is 0.300. The van der Waals surface area contributed by atoms with E-state index in [0.717, 1.165) is 6.07 Å². The minimum Gasteiger partial charge on any atom is -0.508 e. The number of Topliss-reactive ketones (excluding diaryl/α,β-unsaturated/α-hetero) is 1. The Morgan fingerprint density at radius 2 is 2.06 bits per heavy atom. The summed E-state index contributed by atoms with van der Waals surface area (Å²) in [6.07, 6.45) is -5.66. The Balaban J connectivity index is 2.93. The van der Waals surface area contributed by atoms with Crippen molar-refractivity contribution in [3.8, 4) is 11.5 Å². The molecule has 0 fully saturated rings. The zero-order chi connectivity index (χ0) is 12.3. The summed E-state index contributed by atoms with van der Waals surface area (Å²) in [5.74, 6) is -1.94. The van der Waals surface area contributed by atoms with Gasteiger partial charge < -0.3 is 9.84 Å². The van der Waals surface area contributed by atoms with Gasteiger partial charge in [0.05, 0.1) is 7.11 Å². The van der Waals surface area contributed by atoms with Gasteiger partial charge in [0.25, 0.3) is 0 Å². The maximum Gasteiger partial charge on any atom is 0.450 e. The maximum atomic E-state index is 12.0. The second-order valence-corrected chi connectivity index (χ2v) is 3.09. The molecule has 1 aromatic carbocycles. The van der Waals surface area contributed by atoms with Crippen LogP contribution in [-0.4, -0.2) is 24.2 Å². The van der Waals surface area contributed by atoms with Gasteiger partial charge in [-0.1, -0.05) is 6.07 Å². The minimum atomic E-state index is -4.86. The highest BCUT2D eigenvalue weighted by Crippen LogP contribution is 2.27. The van der Waals surface area contributed by atoms with Crippen molar-refractivity contribution in [2.45, 2.75) is 12.6 Å². The number of ether oxygens (including phenoxy) is 1. The second-order valence-electron chi connectivity index (χ2n) is 3.09. The van der Waals surface area contributed by atoms with Crippen molar-refractivity contribution in [3.63, 3.8) is 0 Å². The summed E-state index contributed by atoms with van der Waals surface area (Å²) >= 11 is 0. The van der Waals surface area contributed by atoms with E-state index < -0.39 is 18.4 Å². The molecule has 0 saturated heterocycles. The number of ketones is 1. The van der Waals surface area contributed by atoms with Gasteiger partial charge in [-0.3, -0.25) is 4.79 Å². The van der Waals surface area contributed by atoms with Gasteiger partial charge in [0.1, 0.15) is 11.5 Å². The van der Waals surface area contributed by atoms with E-state index in [0.29, 0.717) is 0 Å². The lowest BCUT2D eigenvalue weighted by atomic mass is 10.1. The first kappa shape index (κ1) is 12.4. The number of phenols is 1. The lowest BCUT2D eigenvalue weighted by Crippen LogP contribution is -2.24. The first-order chi connectivity index (χ1) is 7.34. The molecule has 6 heteroatoms. The van der Waals surface area contributed by atoms with Gasteiger partial charge in [0.2, 0.25) is 5.78 Å². The van der Waals surface area contributed by atoms with Gasteiger partial charge in [0, 0.05) is 18.1 Å². The lowest BCUT2D eigenvalue weighted by Gasteiger charge is -2.09. The van der Waals surface area contributed by atoms with Gasteiger partial charge >= 0.3 is 6.18 Å². The van der Waals surface area contributed by atoms with Crippen LogP contribution in [0.25, 0.3) is 0 Å². The molecule has 3 nitrogen and oxygen atoms in total. The zero-order valence-corrected chi connectivity index (χ0v) is 8.34. The molecule has 0 amide bonds. The molecule has 0 saturated carbocycles. The standard InChI is InChI=1S/C10H9F3O3/c1-16-8-5-7(14)3-2-6(8)4-9(15)10(11,12)13/h2-3,5,14H,4H2,1H3. The molecule has 0 heterocycles. The van der Waals surface area contributed by atoms with Crippen LogP contribution < -0.4 is 4.74 Å². The van der Waals surface area contributed by atoms with Crippen LogP contribution in [0, 0.1) is 0 Å². The van der Waals surface area contributed by atoms with Gasteiger partial charge in [0.15, 0.2) is 0 Å². The first-order valence-electron chi connectivity index (χ1n) is 4.30. The summed E-state index contributed by atoms with van der Waals surface area (Å²) in [6.45, 7) is 0. The van der Waals surface area contributed by atoms with E-state index in [1.807, 2.05) is 0 Å². The molecule has 0 aliphatic rings. The van der Waals surface area contributed by atoms with Gasteiger partial charge in [-0.2, -0.15) is 13.2 Å². The molecule has 16 heavy (non-hydrogen) atoms. The van der Waals surface area contributed by atoms with Crippen molar-refractivity contribution in [1.29, 1.82) is 0 Å². The molecule has 0 bridgehead atoms. The highest BCUT2D eigenvalue weighted by molar-refractivity contribution is 5.86. The maximum absolute atomic E-state index is 12.0. The van der Waals surface area contributed by atoms with E-state index in [9.17, 15) is 18.0 Å². The number of carbonyl (C=O) groups excluding carboxylic acids is 1. The van der Waals surface area contributed by atoms with Crippen molar-refractivity contribution in [2.75, 3.05) is 7.11 Å². The molecule has 0 aliphatic carbocycles. The number of carbonyl (C=O) groups is 1. The Kier molecular flexibility index (Phi) is 3.41. The SMILES string of the molecule is COc1cc(O)ccc1CC(=O)C(F)(F)F. The van der Waals surface area contributed by atoms with E-state index in [-0.39, 0.29) is 17.1 Å². The Morgan fingerprint density at radius 1 is 1.44 bits per heavy atom. The zero-order valence-electron chi connectivity index (χ0n) is 8.34. The fourth-order valence-corrected chi connectivity index (χ4v) is 1.15. The first-order valence-corrected chi connectivity index (χ1v) is 4.30. The van der Waals surface area contributed by atoms with E-state index >= 15 is 0 Å². The van der Waals surface area contributed by atoms with Crippen LogP contribution in [0.3, 0.4) is 0 Å². The third-order valence-electron chi connectivity index (χ3n) is 1.94. The number of hydrogen-bond donors (Lipinski definition) is 1. The van der Waals surface area contributed by atoms with Crippen molar-refractivity contribution in [1.82, 2.24) is 0 Å². The molecule has 0 atom stereocenters. The van der Waals surface area contributed by atoms with E-state index in [4.69, 9.17) is 9.84 Å². The summed E-state index contributed by atoms with van der Waals surface area (Å²) in [5, 5.41) is 9.08. The highest BCUT2D eigenvalue weighted by Gasteiger charge is 2.38. The quantitative estimate of drug-likeness (QED) is 0.870. The van der Waals surface area contributed by atoms with Crippen LogP contribution in [0.15, 0.2) is 18.2 Å². The Hall–Kier alpha value is -1.72.